The number of carbonyl (C=O) groups excluding carboxylic acids is 1. The zero-order valence-electron chi connectivity index (χ0n) is 15.5. The number of H-pyrrole nitrogens is 1. The number of thiophene rings is 1. The molecule has 0 atom stereocenters. The predicted molar refractivity (Wildman–Crippen MR) is 110 cm³/mol. The number of ether oxygens (including phenoxy) is 1. The number of rotatable bonds is 5. The summed E-state index contributed by atoms with van der Waals surface area (Å²) in [6, 6.07) is 15.9. The summed E-state index contributed by atoms with van der Waals surface area (Å²) in [7, 11) is 1.62. The van der Waals surface area contributed by atoms with Crippen molar-refractivity contribution in [3.8, 4) is 16.9 Å². The maximum absolute atomic E-state index is 13.4. The van der Waals surface area contributed by atoms with Crippen molar-refractivity contribution in [2.24, 2.45) is 0 Å². The van der Waals surface area contributed by atoms with E-state index in [4.69, 9.17) is 4.74 Å². The van der Waals surface area contributed by atoms with Crippen LogP contribution in [-0.4, -0.2) is 18.0 Å². The summed E-state index contributed by atoms with van der Waals surface area (Å²) in [5.41, 5.74) is 3.95. The minimum Gasteiger partial charge on any atom is -0.497 e. The molecule has 0 aliphatic heterocycles. The van der Waals surface area contributed by atoms with Crippen LogP contribution < -0.4 is 10.1 Å². The third-order valence-corrected chi connectivity index (χ3v) is 5.61. The molecule has 2 aromatic heterocycles. The fraction of sp³-hybridized carbons (Fsp3) is 0.136. The number of hydrogen-bond acceptors (Lipinski definition) is 3. The van der Waals surface area contributed by atoms with Gasteiger partial charge in [-0.25, -0.2) is 4.39 Å². The van der Waals surface area contributed by atoms with E-state index in [1.54, 1.807) is 30.6 Å². The number of carbonyl (C=O) groups is 1. The van der Waals surface area contributed by atoms with E-state index in [0.29, 0.717) is 11.3 Å². The highest BCUT2D eigenvalue weighted by Gasteiger charge is 2.21. The highest BCUT2D eigenvalue weighted by molar-refractivity contribution is 7.19. The SMILES string of the molecule is COc1ccc(-c2c(C(=O)NCc3cccc(F)c3)[nH]c3cc(C)sc23)cc1. The smallest absolute Gasteiger partial charge is 0.268 e. The minimum atomic E-state index is -0.318. The summed E-state index contributed by atoms with van der Waals surface area (Å²) in [5.74, 6) is 0.215. The Labute approximate surface area is 166 Å². The van der Waals surface area contributed by atoms with E-state index < -0.39 is 0 Å². The highest BCUT2D eigenvalue weighted by Crippen LogP contribution is 2.38. The third kappa shape index (κ3) is 3.51. The molecule has 28 heavy (non-hydrogen) atoms. The summed E-state index contributed by atoms with van der Waals surface area (Å²) in [4.78, 5) is 17.3. The lowest BCUT2D eigenvalue weighted by Crippen LogP contribution is -2.23. The van der Waals surface area contributed by atoms with Crippen molar-refractivity contribution in [3.05, 3.63) is 76.5 Å². The van der Waals surface area contributed by atoms with Crippen LogP contribution in [0.15, 0.2) is 54.6 Å². The number of benzene rings is 2. The number of methoxy groups -OCH3 is 1. The van der Waals surface area contributed by atoms with Crippen LogP contribution in [0.1, 0.15) is 20.9 Å². The van der Waals surface area contributed by atoms with Crippen molar-refractivity contribution >= 4 is 27.5 Å². The number of aromatic nitrogens is 1. The van der Waals surface area contributed by atoms with Gasteiger partial charge in [0.25, 0.3) is 5.91 Å². The Morgan fingerprint density at radius 1 is 1.18 bits per heavy atom. The van der Waals surface area contributed by atoms with Crippen LogP contribution >= 0.6 is 11.3 Å². The molecule has 4 aromatic rings. The number of halogens is 1. The molecule has 2 aromatic carbocycles. The molecule has 0 bridgehead atoms. The van der Waals surface area contributed by atoms with Gasteiger partial charge in [0, 0.05) is 17.0 Å². The van der Waals surface area contributed by atoms with E-state index in [1.165, 1.54) is 17.0 Å². The molecular formula is C22H19FN2O2S. The summed E-state index contributed by atoms with van der Waals surface area (Å²) in [6.07, 6.45) is 0. The average Bonchev–Trinajstić information content (AvgIpc) is 3.22. The van der Waals surface area contributed by atoms with E-state index in [9.17, 15) is 9.18 Å². The van der Waals surface area contributed by atoms with Gasteiger partial charge < -0.3 is 15.0 Å². The van der Waals surface area contributed by atoms with Crippen LogP contribution in [-0.2, 0) is 6.54 Å². The molecule has 0 aliphatic rings. The summed E-state index contributed by atoms with van der Waals surface area (Å²) >= 11 is 1.65. The number of aromatic amines is 1. The first-order valence-corrected chi connectivity index (χ1v) is 9.66. The van der Waals surface area contributed by atoms with Gasteiger partial charge in [0.1, 0.15) is 17.3 Å². The molecule has 0 saturated carbocycles. The first-order valence-electron chi connectivity index (χ1n) is 8.84. The molecule has 0 aliphatic carbocycles. The Hall–Kier alpha value is -3.12. The Bertz CT molecular complexity index is 1150. The third-order valence-electron chi connectivity index (χ3n) is 4.54. The second kappa shape index (κ2) is 7.48. The fourth-order valence-corrected chi connectivity index (χ4v) is 4.27. The Balaban J connectivity index is 1.69. The van der Waals surface area contributed by atoms with Crippen LogP contribution in [0, 0.1) is 12.7 Å². The van der Waals surface area contributed by atoms with Crippen molar-refractivity contribution < 1.29 is 13.9 Å². The quantitative estimate of drug-likeness (QED) is 0.484. The number of amides is 1. The standard InChI is InChI=1S/C22H19FN2O2S/c1-13-10-18-21(28-13)19(15-6-8-17(27-2)9-7-15)20(25-18)22(26)24-12-14-4-3-5-16(23)11-14/h3-11,25H,12H2,1-2H3,(H,24,26). The minimum absolute atomic E-state index is 0.226. The molecule has 142 valence electrons. The van der Waals surface area contributed by atoms with Crippen LogP contribution in [0.5, 0.6) is 5.75 Å². The van der Waals surface area contributed by atoms with Crippen LogP contribution in [0.3, 0.4) is 0 Å². The Morgan fingerprint density at radius 2 is 1.96 bits per heavy atom. The lowest BCUT2D eigenvalue weighted by molar-refractivity contribution is 0.0947. The van der Waals surface area contributed by atoms with Crippen LogP contribution in [0.2, 0.25) is 0 Å². The number of hydrogen-bond donors (Lipinski definition) is 2. The molecule has 0 spiro atoms. The number of nitrogens with one attached hydrogen (secondary N) is 2. The first-order chi connectivity index (χ1) is 13.5. The van der Waals surface area contributed by atoms with Crippen LogP contribution in [0.25, 0.3) is 21.3 Å². The van der Waals surface area contributed by atoms with E-state index >= 15 is 0 Å². The monoisotopic (exact) mass is 394 g/mol. The van der Waals surface area contributed by atoms with E-state index in [0.717, 1.165) is 27.1 Å². The van der Waals surface area contributed by atoms with Gasteiger partial charge in [-0.15, -0.1) is 11.3 Å². The van der Waals surface area contributed by atoms with Crippen molar-refractivity contribution in [3.63, 3.8) is 0 Å². The largest absolute Gasteiger partial charge is 0.497 e. The van der Waals surface area contributed by atoms with Gasteiger partial charge in [-0.05, 0) is 48.4 Å². The van der Waals surface area contributed by atoms with Crippen molar-refractivity contribution in [1.82, 2.24) is 10.3 Å². The zero-order valence-corrected chi connectivity index (χ0v) is 16.3. The van der Waals surface area contributed by atoms with Crippen molar-refractivity contribution in [2.75, 3.05) is 7.11 Å². The molecule has 0 saturated heterocycles. The topological polar surface area (TPSA) is 54.1 Å². The van der Waals surface area contributed by atoms with E-state index in [1.807, 2.05) is 37.3 Å². The Morgan fingerprint density at radius 3 is 2.68 bits per heavy atom. The molecule has 4 rings (SSSR count). The highest BCUT2D eigenvalue weighted by atomic mass is 32.1. The average molecular weight is 394 g/mol. The van der Waals surface area contributed by atoms with Gasteiger partial charge >= 0.3 is 0 Å². The molecule has 2 N–H and O–H groups in total. The second-order valence-corrected chi connectivity index (χ2v) is 7.77. The Kier molecular flexibility index (Phi) is 4.88. The molecular weight excluding hydrogens is 375 g/mol. The van der Waals surface area contributed by atoms with Crippen molar-refractivity contribution in [1.29, 1.82) is 0 Å². The van der Waals surface area contributed by atoms with Gasteiger partial charge in [-0.1, -0.05) is 24.3 Å². The molecule has 2 heterocycles. The van der Waals surface area contributed by atoms with Crippen molar-refractivity contribution in [2.45, 2.75) is 13.5 Å². The zero-order chi connectivity index (χ0) is 19.7. The lowest BCUT2D eigenvalue weighted by atomic mass is 10.1. The second-order valence-electron chi connectivity index (χ2n) is 6.52. The number of aryl methyl sites for hydroxylation is 1. The van der Waals surface area contributed by atoms with Gasteiger partial charge in [0.2, 0.25) is 0 Å². The molecule has 0 radical (unpaired) electrons. The van der Waals surface area contributed by atoms with Gasteiger partial charge in [-0.3, -0.25) is 4.79 Å². The molecule has 1 amide bonds. The van der Waals surface area contributed by atoms with Crippen LogP contribution in [0.4, 0.5) is 4.39 Å². The first kappa shape index (κ1) is 18.3. The molecule has 0 unspecified atom stereocenters. The van der Waals surface area contributed by atoms with E-state index in [-0.39, 0.29) is 18.3 Å². The molecule has 4 nitrogen and oxygen atoms in total. The summed E-state index contributed by atoms with van der Waals surface area (Å²) in [5, 5.41) is 2.88. The maximum Gasteiger partial charge on any atom is 0.268 e. The predicted octanol–water partition coefficient (Wildman–Crippen LogP) is 5.28. The van der Waals surface area contributed by atoms with Gasteiger partial charge in [0.05, 0.1) is 17.3 Å². The number of fused-ring (bicyclic) bond motifs is 1. The molecule has 0 fully saturated rings. The fourth-order valence-electron chi connectivity index (χ4n) is 3.22. The molecule has 6 heteroatoms. The maximum atomic E-state index is 13.4. The summed E-state index contributed by atoms with van der Waals surface area (Å²) < 4.78 is 19.6. The lowest BCUT2D eigenvalue weighted by Gasteiger charge is -2.08. The van der Waals surface area contributed by atoms with Gasteiger partial charge in [-0.2, -0.15) is 0 Å². The van der Waals surface area contributed by atoms with E-state index in [2.05, 4.69) is 10.3 Å². The van der Waals surface area contributed by atoms with Gasteiger partial charge in [0.15, 0.2) is 0 Å². The summed E-state index contributed by atoms with van der Waals surface area (Å²) in [6.45, 7) is 2.30. The normalized spacial score (nSPS) is 11.0.